The molecule has 0 fully saturated rings. The molecule has 0 unspecified atom stereocenters. The number of rotatable bonds is 2. The van der Waals surface area contributed by atoms with E-state index in [1.165, 1.54) is 6.07 Å². The fourth-order valence-electron chi connectivity index (χ4n) is 1.59. The number of nitrogens with two attached hydrogens (primary N) is 2. The Morgan fingerprint density at radius 2 is 1.57 bits per heavy atom. The number of aromatic nitrogens is 2. The van der Waals surface area contributed by atoms with Gasteiger partial charge in [-0.15, -0.1) is 22.8 Å². The van der Waals surface area contributed by atoms with Crippen molar-refractivity contribution < 1.29 is 90.7 Å². The zero-order chi connectivity index (χ0) is 17.7. The molecule has 0 aliphatic carbocycles. The van der Waals surface area contributed by atoms with Gasteiger partial charge in [-0.25, -0.2) is 0 Å². The molecule has 0 amide bonds. The molecule has 0 saturated carbocycles. The molecule has 0 aromatic carbocycles. The third-order valence-corrected chi connectivity index (χ3v) is 3.08. The van der Waals surface area contributed by atoms with E-state index in [1.54, 1.807) is 20.8 Å². The summed E-state index contributed by atoms with van der Waals surface area (Å²) in [6.07, 6.45) is 4.89. The predicted octanol–water partition coefficient (Wildman–Crippen LogP) is 0.172. The summed E-state index contributed by atoms with van der Waals surface area (Å²) in [5.41, 5.74) is 13.2. The van der Waals surface area contributed by atoms with Gasteiger partial charge in [-0.3, -0.25) is 4.79 Å². The Bertz CT molecular complexity index is 773. The quantitative estimate of drug-likeness (QED) is 0.448. The van der Waals surface area contributed by atoms with Gasteiger partial charge in [0.25, 0.3) is 5.97 Å². The van der Waals surface area contributed by atoms with Gasteiger partial charge in [0.15, 0.2) is 0 Å². The van der Waals surface area contributed by atoms with Crippen LogP contribution in [-0.4, -0.2) is 32.5 Å². The minimum atomic E-state index is -1.33. The van der Waals surface area contributed by atoms with Gasteiger partial charge in [-0.1, -0.05) is 52.0 Å². The van der Waals surface area contributed by atoms with Gasteiger partial charge in [0.2, 0.25) is 0 Å². The molecule has 0 spiro atoms. The Morgan fingerprint density at radius 3 is 1.96 bits per heavy atom. The number of aromatic carboxylic acids is 2. The average molecular weight is 542 g/mol. The number of carboxylic acids is 2. The van der Waals surface area contributed by atoms with Crippen LogP contribution < -0.4 is 16.6 Å². The Hall–Kier alpha value is -0.992. The van der Waals surface area contributed by atoms with Gasteiger partial charge in [0.1, 0.15) is 0 Å². The van der Waals surface area contributed by atoms with Gasteiger partial charge in [-0.2, -0.15) is 0 Å². The van der Waals surface area contributed by atoms with E-state index in [-0.39, 0.29) is 97.1 Å². The largest absolute Gasteiger partial charge is 0.557 e. The Morgan fingerprint density at radius 1 is 1.07 bits per heavy atom. The molecule has 11 heteroatoms. The first kappa shape index (κ1) is 37.7. The van der Waals surface area contributed by atoms with Crippen molar-refractivity contribution in [3.05, 3.63) is 54.0 Å². The maximum absolute atomic E-state index is 10.5. The third-order valence-electron chi connectivity index (χ3n) is 3.08. The van der Waals surface area contributed by atoms with E-state index in [9.17, 15) is 14.7 Å². The van der Waals surface area contributed by atoms with Crippen molar-refractivity contribution in [2.24, 2.45) is 0 Å². The maximum atomic E-state index is 10.5. The van der Waals surface area contributed by atoms with Crippen LogP contribution in [0.1, 0.15) is 45.1 Å². The second kappa shape index (κ2) is 16.9. The first-order valence-corrected chi connectivity index (χ1v) is 6.39. The van der Waals surface area contributed by atoms with E-state index < -0.39 is 11.9 Å². The molecule has 152 valence electrons. The number of anilines is 2. The number of carbonyl (C=O) groups is 2. The molecular formula is C17H24N4O5Y2-4. The molecule has 0 atom stereocenters. The fraction of sp³-hybridized carbons (Fsp3) is 0.235. The van der Waals surface area contributed by atoms with E-state index in [0.717, 1.165) is 0 Å². The van der Waals surface area contributed by atoms with E-state index in [0.29, 0.717) is 28.1 Å². The summed E-state index contributed by atoms with van der Waals surface area (Å²) in [7, 11) is 0. The molecule has 2 aromatic heterocycles. The third kappa shape index (κ3) is 9.98. The monoisotopic (exact) mass is 542 g/mol. The summed E-state index contributed by atoms with van der Waals surface area (Å²) in [6, 6.07) is 1.42. The minimum Gasteiger partial charge on any atom is -0.557 e. The molecule has 0 bridgehead atoms. The van der Waals surface area contributed by atoms with Crippen molar-refractivity contribution in [1.82, 2.24) is 9.97 Å². The van der Waals surface area contributed by atoms with Crippen LogP contribution in [0, 0.1) is 40.6 Å². The first-order chi connectivity index (χ1) is 10.7. The zero-order valence-electron chi connectivity index (χ0n) is 15.5. The average Bonchev–Trinajstić information content (AvgIpc) is 2.47. The van der Waals surface area contributed by atoms with Crippen molar-refractivity contribution in [3.8, 4) is 0 Å². The Balaban J connectivity index is -0.000000107. The SMILES string of the molecule is C.Cc1[c-]nc(C(=O)O)c(C)c1N.Cc1c(N)c[c-]nc1C(=O)[O-].O.[CH3-].[Y].[Y]. The molecule has 0 saturated heterocycles. The fourth-order valence-corrected chi connectivity index (χ4v) is 1.59. The van der Waals surface area contributed by atoms with Crippen LogP contribution in [0.4, 0.5) is 11.4 Å². The van der Waals surface area contributed by atoms with E-state index in [4.69, 9.17) is 16.6 Å². The summed E-state index contributed by atoms with van der Waals surface area (Å²) < 4.78 is 0. The summed E-state index contributed by atoms with van der Waals surface area (Å²) >= 11 is 0. The van der Waals surface area contributed by atoms with Gasteiger partial charge in [0.05, 0.1) is 0 Å². The van der Waals surface area contributed by atoms with Gasteiger partial charge in [0, 0.05) is 77.1 Å². The summed E-state index contributed by atoms with van der Waals surface area (Å²) in [5.74, 6) is -2.40. The van der Waals surface area contributed by atoms with Crippen LogP contribution in [-0.2, 0) is 65.4 Å². The summed E-state index contributed by atoms with van der Waals surface area (Å²) in [6.45, 7) is 4.94. The minimum absolute atomic E-state index is 0. The van der Waals surface area contributed by atoms with Crippen molar-refractivity contribution >= 4 is 23.3 Å². The molecule has 28 heavy (non-hydrogen) atoms. The Labute approximate surface area is 215 Å². The standard InChI is InChI=1S/C8H9N2O2.C7H7N2O2.CH4.CH3.H2O.2Y/c1-4-3-10-7(8(11)12)5(2)6(4)9;1-4-5(8)2-3-9-6(4)7(10)11;;;;;/h1-2H3,(H2,9,10)(H,11,12);2H,1H3,(H2,8,9)(H,10,11);1H4;1H3;1H2;;/q2*-1;;-1;;;/p-1. The second-order valence-corrected chi connectivity index (χ2v) is 4.64. The van der Waals surface area contributed by atoms with Crippen molar-refractivity contribution in [2.45, 2.75) is 28.2 Å². The number of carbonyl (C=O) groups excluding carboxylic acids is 1. The number of pyridine rings is 2. The van der Waals surface area contributed by atoms with Crippen LogP contribution in [0.3, 0.4) is 0 Å². The molecule has 2 aromatic rings. The van der Waals surface area contributed by atoms with Crippen LogP contribution in [0.2, 0.25) is 0 Å². The second-order valence-electron chi connectivity index (χ2n) is 4.64. The maximum Gasteiger partial charge on any atom is 0.296 e. The number of hydrogen-bond acceptors (Lipinski definition) is 7. The normalized spacial score (nSPS) is 7.96. The molecular weight excluding hydrogens is 518 g/mol. The zero-order valence-corrected chi connectivity index (χ0v) is 21.1. The molecule has 2 heterocycles. The predicted molar refractivity (Wildman–Crippen MR) is 97.2 cm³/mol. The molecule has 0 aliphatic heterocycles. The van der Waals surface area contributed by atoms with E-state index >= 15 is 0 Å². The van der Waals surface area contributed by atoms with Crippen molar-refractivity contribution in [2.75, 3.05) is 11.5 Å². The van der Waals surface area contributed by atoms with Gasteiger partial charge >= 0.3 is 0 Å². The topological polar surface area (TPSA) is 187 Å². The number of nitrogens with zero attached hydrogens (tertiary/aromatic N) is 2. The Kier molecular flexibility index (Phi) is 22.8. The van der Waals surface area contributed by atoms with Crippen LogP contribution >= 0.6 is 0 Å². The molecule has 0 aliphatic rings. The first-order valence-electron chi connectivity index (χ1n) is 6.39. The van der Waals surface area contributed by atoms with Crippen LogP contribution in [0.15, 0.2) is 6.07 Å². The molecule has 2 rings (SSSR count). The van der Waals surface area contributed by atoms with E-state index in [2.05, 4.69) is 22.4 Å². The summed E-state index contributed by atoms with van der Waals surface area (Å²) in [5, 5.41) is 19.0. The van der Waals surface area contributed by atoms with E-state index in [1.807, 2.05) is 0 Å². The van der Waals surface area contributed by atoms with Crippen molar-refractivity contribution in [3.63, 3.8) is 0 Å². The smallest absolute Gasteiger partial charge is 0.296 e. The number of hydrogen-bond donors (Lipinski definition) is 3. The van der Waals surface area contributed by atoms with Crippen molar-refractivity contribution in [1.29, 1.82) is 0 Å². The van der Waals surface area contributed by atoms with Crippen LogP contribution in [0.5, 0.6) is 0 Å². The summed E-state index contributed by atoms with van der Waals surface area (Å²) in [4.78, 5) is 28.0. The number of aryl methyl sites for hydroxylation is 1. The molecule has 9 nitrogen and oxygen atoms in total. The number of nitrogen functional groups attached to an aromatic ring is 2. The molecule has 7 N–H and O–H groups in total. The number of carboxylic acid groups (broad SMARTS) is 2. The van der Waals surface area contributed by atoms with Crippen LogP contribution in [0.25, 0.3) is 0 Å². The molecule has 2 radical (unpaired) electrons. The van der Waals surface area contributed by atoms with Gasteiger partial charge < -0.3 is 49.3 Å². The van der Waals surface area contributed by atoms with Gasteiger partial charge in [-0.05, 0) is 5.69 Å².